The van der Waals surface area contributed by atoms with E-state index in [1.165, 1.54) is 58.3 Å². The third kappa shape index (κ3) is 3.96. The number of hydrogen-bond acceptors (Lipinski definition) is 2. The van der Waals surface area contributed by atoms with Crippen LogP contribution in [0.3, 0.4) is 0 Å². The van der Waals surface area contributed by atoms with E-state index in [1.54, 1.807) is 0 Å². The second-order valence-corrected chi connectivity index (χ2v) is 7.09. The molecule has 2 nitrogen and oxygen atoms in total. The van der Waals surface area contributed by atoms with Gasteiger partial charge in [0.2, 0.25) is 0 Å². The van der Waals surface area contributed by atoms with Crippen LogP contribution in [0.2, 0.25) is 0 Å². The summed E-state index contributed by atoms with van der Waals surface area (Å²) in [6.45, 7) is 12.4. The lowest BCUT2D eigenvalue weighted by molar-refractivity contribution is 0.222. The molecule has 2 fully saturated rings. The van der Waals surface area contributed by atoms with Crippen molar-refractivity contribution in [2.24, 2.45) is 11.3 Å². The molecule has 100 valence electrons. The molecule has 0 aromatic rings. The van der Waals surface area contributed by atoms with Crippen LogP contribution in [0.15, 0.2) is 0 Å². The maximum atomic E-state index is 3.66. The summed E-state index contributed by atoms with van der Waals surface area (Å²) in [5.74, 6) is 0.904. The van der Waals surface area contributed by atoms with Gasteiger partial charge < -0.3 is 10.2 Å². The molecule has 2 heteroatoms. The topological polar surface area (TPSA) is 15.3 Å². The smallest absolute Gasteiger partial charge is 0.00792 e. The third-order valence-electron chi connectivity index (χ3n) is 4.70. The monoisotopic (exact) mass is 238 g/mol. The molecular weight excluding hydrogens is 208 g/mol. The van der Waals surface area contributed by atoms with Crippen LogP contribution in [0.5, 0.6) is 0 Å². The van der Waals surface area contributed by atoms with E-state index in [1.807, 2.05) is 0 Å². The fourth-order valence-electron chi connectivity index (χ4n) is 3.25. The minimum absolute atomic E-state index is 0.498. The van der Waals surface area contributed by atoms with E-state index in [9.17, 15) is 0 Å². The highest BCUT2D eigenvalue weighted by Crippen LogP contribution is 2.33. The van der Waals surface area contributed by atoms with Gasteiger partial charge in [0.25, 0.3) is 0 Å². The van der Waals surface area contributed by atoms with Gasteiger partial charge >= 0.3 is 0 Å². The predicted molar refractivity (Wildman–Crippen MR) is 74.3 cm³/mol. The second kappa shape index (κ2) is 5.71. The molecular formula is C15H30N2. The van der Waals surface area contributed by atoms with E-state index in [-0.39, 0.29) is 0 Å². The molecule has 0 amide bonds. The summed E-state index contributed by atoms with van der Waals surface area (Å²) in [4.78, 5) is 2.69. The van der Waals surface area contributed by atoms with E-state index in [0.29, 0.717) is 5.41 Å². The zero-order valence-corrected chi connectivity index (χ0v) is 12.0. The van der Waals surface area contributed by atoms with Crippen molar-refractivity contribution >= 4 is 0 Å². The first-order chi connectivity index (χ1) is 8.05. The normalized spacial score (nSPS) is 31.9. The molecule has 2 aliphatic heterocycles. The van der Waals surface area contributed by atoms with Crippen molar-refractivity contribution in [3.63, 3.8) is 0 Å². The summed E-state index contributed by atoms with van der Waals surface area (Å²) in [6, 6.07) is 0.803. The molecule has 0 aliphatic carbocycles. The Kier molecular flexibility index (Phi) is 4.48. The lowest BCUT2D eigenvalue weighted by atomic mass is 9.80. The van der Waals surface area contributed by atoms with Crippen molar-refractivity contribution in [3.05, 3.63) is 0 Å². The first-order valence-corrected chi connectivity index (χ1v) is 7.51. The lowest BCUT2D eigenvalue weighted by Gasteiger charge is -2.28. The molecule has 17 heavy (non-hydrogen) atoms. The minimum Gasteiger partial charge on any atom is -0.314 e. The highest BCUT2D eigenvalue weighted by molar-refractivity contribution is 4.84. The van der Waals surface area contributed by atoms with Gasteiger partial charge in [-0.1, -0.05) is 27.2 Å². The van der Waals surface area contributed by atoms with Crippen LogP contribution in [0, 0.1) is 11.3 Å². The third-order valence-corrected chi connectivity index (χ3v) is 4.70. The molecule has 2 atom stereocenters. The van der Waals surface area contributed by atoms with E-state index < -0.39 is 0 Å². The van der Waals surface area contributed by atoms with Crippen LogP contribution < -0.4 is 5.32 Å². The van der Waals surface area contributed by atoms with E-state index >= 15 is 0 Å². The predicted octanol–water partition coefficient (Wildman–Crippen LogP) is 2.89. The molecule has 0 radical (unpaired) electrons. The van der Waals surface area contributed by atoms with Gasteiger partial charge in [-0.25, -0.2) is 0 Å². The fraction of sp³-hybridized carbons (Fsp3) is 1.00. The summed E-state index contributed by atoms with van der Waals surface area (Å²) < 4.78 is 0. The molecule has 1 N–H and O–H groups in total. The number of piperidine rings is 1. The summed E-state index contributed by atoms with van der Waals surface area (Å²) in [7, 11) is 0. The Morgan fingerprint density at radius 1 is 1.18 bits per heavy atom. The molecule has 0 aromatic heterocycles. The zero-order valence-electron chi connectivity index (χ0n) is 12.0. The van der Waals surface area contributed by atoms with Crippen molar-refractivity contribution in [1.29, 1.82) is 0 Å². The maximum absolute atomic E-state index is 3.66. The van der Waals surface area contributed by atoms with Crippen LogP contribution in [0.1, 0.15) is 52.9 Å². The van der Waals surface area contributed by atoms with Gasteiger partial charge in [-0.05, 0) is 56.7 Å². The Balaban J connectivity index is 1.67. The van der Waals surface area contributed by atoms with Gasteiger partial charge in [0.15, 0.2) is 0 Å². The lowest BCUT2D eigenvalue weighted by Crippen LogP contribution is -2.37. The molecule has 0 aromatic carbocycles. The highest BCUT2D eigenvalue weighted by atomic mass is 15.1. The zero-order chi connectivity index (χ0) is 12.3. The van der Waals surface area contributed by atoms with Gasteiger partial charge in [0.1, 0.15) is 0 Å². The largest absolute Gasteiger partial charge is 0.314 e. The number of nitrogens with one attached hydrogen (secondary N) is 1. The molecule has 2 aliphatic rings. The van der Waals surface area contributed by atoms with Crippen LogP contribution in [0.25, 0.3) is 0 Å². The molecule has 0 saturated carbocycles. The van der Waals surface area contributed by atoms with Gasteiger partial charge in [0.05, 0.1) is 0 Å². The van der Waals surface area contributed by atoms with Crippen molar-refractivity contribution in [2.45, 2.75) is 58.9 Å². The summed E-state index contributed by atoms with van der Waals surface area (Å²) in [5.41, 5.74) is 0.498. The van der Waals surface area contributed by atoms with Crippen LogP contribution in [-0.4, -0.2) is 37.1 Å². The molecule has 2 unspecified atom stereocenters. The summed E-state index contributed by atoms with van der Waals surface area (Å²) in [5, 5.41) is 3.66. The van der Waals surface area contributed by atoms with Crippen LogP contribution >= 0.6 is 0 Å². The average Bonchev–Trinajstić information content (AvgIpc) is 2.76. The van der Waals surface area contributed by atoms with Gasteiger partial charge in [0, 0.05) is 12.6 Å². The highest BCUT2D eigenvalue weighted by Gasteiger charge is 2.31. The fourth-order valence-corrected chi connectivity index (χ4v) is 3.25. The Morgan fingerprint density at radius 2 is 2.00 bits per heavy atom. The molecule has 2 rings (SSSR count). The second-order valence-electron chi connectivity index (χ2n) is 7.09. The van der Waals surface area contributed by atoms with Gasteiger partial charge in [-0.15, -0.1) is 0 Å². The molecule has 2 saturated heterocycles. The van der Waals surface area contributed by atoms with Gasteiger partial charge in [-0.3, -0.25) is 0 Å². The molecule has 0 bridgehead atoms. The number of rotatable bonds is 3. The first kappa shape index (κ1) is 13.4. The van der Waals surface area contributed by atoms with Crippen molar-refractivity contribution in [3.8, 4) is 0 Å². The van der Waals surface area contributed by atoms with E-state index in [0.717, 1.165) is 12.0 Å². The maximum Gasteiger partial charge on any atom is 0.00792 e. The molecule has 2 heterocycles. The standard InChI is InChI=1S/C15H30N2/c1-15(2,3)13-7-10-17(12-13)11-8-14-6-4-5-9-16-14/h13-14,16H,4-12H2,1-3H3. The Hall–Kier alpha value is -0.0800. The van der Waals surface area contributed by atoms with E-state index in [4.69, 9.17) is 0 Å². The number of nitrogens with zero attached hydrogens (tertiary/aromatic N) is 1. The quantitative estimate of drug-likeness (QED) is 0.813. The molecule has 0 spiro atoms. The van der Waals surface area contributed by atoms with Crippen molar-refractivity contribution < 1.29 is 0 Å². The average molecular weight is 238 g/mol. The van der Waals surface area contributed by atoms with E-state index in [2.05, 4.69) is 31.0 Å². The number of hydrogen-bond donors (Lipinski definition) is 1. The van der Waals surface area contributed by atoms with Gasteiger partial charge in [-0.2, -0.15) is 0 Å². The van der Waals surface area contributed by atoms with Crippen LogP contribution in [-0.2, 0) is 0 Å². The Labute approximate surface area is 107 Å². The number of likely N-dealkylation sites (tertiary alicyclic amines) is 1. The summed E-state index contributed by atoms with van der Waals surface area (Å²) in [6.07, 6.45) is 6.98. The first-order valence-electron chi connectivity index (χ1n) is 7.51. The Morgan fingerprint density at radius 3 is 2.59 bits per heavy atom. The summed E-state index contributed by atoms with van der Waals surface area (Å²) >= 11 is 0. The SMILES string of the molecule is CC(C)(C)C1CCN(CCC2CCCCN2)C1. The Bertz CT molecular complexity index is 226. The van der Waals surface area contributed by atoms with Crippen molar-refractivity contribution in [2.75, 3.05) is 26.2 Å². The van der Waals surface area contributed by atoms with Crippen molar-refractivity contribution in [1.82, 2.24) is 10.2 Å². The minimum atomic E-state index is 0.498. The van der Waals surface area contributed by atoms with Crippen LogP contribution in [0.4, 0.5) is 0 Å².